The zero-order chi connectivity index (χ0) is 15.2. The summed E-state index contributed by atoms with van der Waals surface area (Å²) in [5.74, 6) is 0.359. The molecular formula is C13H8Cl2F3NOS. The minimum absolute atomic E-state index is 0.318. The van der Waals surface area contributed by atoms with Crippen LogP contribution in [0.15, 0.2) is 24.3 Å². The van der Waals surface area contributed by atoms with Gasteiger partial charge in [-0.25, -0.2) is 0 Å². The van der Waals surface area contributed by atoms with E-state index in [4.69, 9.17) is 27.9 Å². The first-order valence-corrected chi connectivity index (χ1v) is 7.48. The second kappa shape index (κ2) is 5.26. The lowest BCUT2D eigenvalue weighted by molar-refractivity contribution is -0.137. The first kappa shape index (κ1) is 14.8. The van der Waals surface area contributed by atoms with Gasteiger partial charge in [0.05, 0.1) is 22.1 Å². The predicted octanol–water partition coefficient (Wildman–Crippen LogP) is 5.62. The minimum atomic E-state index is -4.38. The molecule has 112 valence electrons. The number of hydrogen-bond donors (Lipinski definition) is 1. The molecule has 1 atom stereocenters. The largest absolute Gasteiger partial charge is 0.482 e. The van der Waals surface area contributed by atoms with E-state index in [9.17, 15) is 13.2 Å². The summed E-state index contributed by atoms with van der Waals surface area (Å²) in [4.78, 5) is 0. The van der Waals surface area contributed by atoms with E-state index in [0.29, 0.717) is 26.7 Å². The second-order valence-corrected chi connectivity index (χ2v) is 6.76. The molecule has 0 aliphatic carbocycles. The van der Waals surface area contributed by atoms with Crippen molar-refractivity contribution in [1.29, 1.82) is 0 Å². The fourth-order valence-electron chi connectivity index (χ4n) is 2.09. The molecule has 21 heavy (non-hydrogen) atoms. The average molecular weight is 354 g/mol. The van der Waals surface area contributed by atoms with Gasteiger partial charge in [0.25, 0.3) is 0 Å². The Hall–Kier alpha value is -1.11. The number of halogens is 5. The molecule has 2 aromatic rings. The van der Waals surface area contributed by atoms with Crippen molar-refractivity contribution in [2.24, 2.45) is 0 Å². The van der Waals surface area contributed by atoms with Crippen LogP contribution in [0.3, 0.4) is 0 Å². The molecule has 1 N–H and O–H groups in total. The third-order valence-electron chi connectivity index (χ3n) is 3.08. The summed E-state index contributed by atoms with van der Waals surface area (Å²) in [6.45, 7) is 0.321. The van der Waals surface area contributed by atoms with Crippen LogP contribution in [0, 0.1) is 0 Å². The van der Waals surface area contributed by atoms with Gasteiger partial charge in [0, 0.05) is 5.56 Å². The van der Waals surface area contributed by atoms with Crippen LogP contribution >= 0.6 is 34.5 Å². The number of alkyl halides is 3. The van der Waals surface area contributed by atoms with E-state index in [1.807, 2.05) is 0 Å². The predicted molar refractivity (Wildman–Crippen MR) is 77.6 cm³/mol. The Kier molecular flexibility index (Phi) is 3.71. The van der Waals surface area contributed by atoms with Gasteiger partial charge in [0.1, 0.15) is 16.2 Å². The molecular weight excluding hydrogens is 346 g/mol. The van der Waals surface area contributed by atoms with Crippen molar-refractivity contribution in [3.05, 3.63) is 44.1 Å². The zero-order valence-corrected chi connectivity index (χ0v) is 12.6. The highest BCUT2D eigenvalue weighted by Gasteiger charge is 2.32. The van der Waals surface area contributed by atoms with E-state index in [2.05, 4.69) is 5.32 Å². The van der Waals surface area contributed by atoms with Crippen molar-refractivity contribution in [3.8, 4) is 5.75 Å². The van der Waals surface area contributed by atoms with Gasteiger partial charge in [-0.3, -0.25) is 0 Å². The average Bonchev–Trinajstić information content (AvgIpc) is 2.75. The number of thiophene rings is 1. The maximum absolute atomic E-state index is 12.7. The Morgan fingerprint density at radius 2 is 2.00 bits per heavy atom. The minimum Gasteiger partial charge on any atom is -0.482 e. The molecule has 1 aliphatic heterocycles. The molecule has 0 bridgehead atoms. The zero-order valence-electron chi connectivity index (χ0n) is 10.3. The molecule has 0 radical (unpaired) electrons. The van der Waals surface area contributed by atoms with Crippen LogP contribution in [0.5, 0.6) is 5.75 Å². The topological polar surface area (TPSA) is 21.3 Å². The first-order chi connectivity index (χ1) is 9.84. The molecule has 2 nitrogen and oxygen atoms in total. The second-order valence-electron chi connectivity index (χ2n) is 4.48. The summed E-state index contributed by atoms with van der Waals surface area (Å²) < 4.78 is 44.7. The summed E-state index contributed by atoms with van der Waals surface area (Å²) >= 11 is 13.2. The van der Waals surface area contributed by atoms with Crippen LogP contribution in [0.2, 0.25) is 8.67 Å². The lowest BCUT2D eigenvalue weighted by Gasteiger charge is -2.27. The van der Waals surface area contributed by atoms with Crippen LogP contribution in [0.1, 0.15) is 17.2 Å². The standard InChI is InChI=1S/C13H8Cl2F3NOS/c14-11-4-7(12(15)21-11)10-5-19-8-3-6(13(16,17)18)1-2-9(8)20-10/h1-4,10,19H,5H2. The fraction of sp³-hybridized carbons (Fsp3) is 0.231. The van der Waals surface area contributed by atoms with Crippen LogP contribution in [0.25, 0.3) is 0 Å². The number of fused-ring (bicyclic) bond motifs is 1. The summed E-state index contributed by atoms with van der Waals surface area (Å²) in [6, 6.07) is 5.04. The number of anilines is 1. The van der Waals surface area contributed by atoms with Gasteiger partial charge < -0.3 is 10.1 Å². The van der Waals surface area contributed by atoms with Crippen molar-refractivity contribution in [2.45, 2.75) is 12.3 Å². The smallest absolute Gasteiger partial charge is 0.416 e. The van der Waals surface area contributed by atoms with Crippen LogP contribution in [0.4, 0.5) is 18.9 Å². The third-order valence-corrected chi connectivity index (χ3v) is 4.60. The molecule has 0 fully saturated rings. The molecule has 0 spiro atoms. The number of nitrogens with one attached hydrogen (secondary N) is 1. The molecule has 1 aliphatic rings. The number of rotatable bonds is 1. The summed E-state index contributed by atoms with van der Waals surface area (Å²) in [6.07, 6.45) is -4.76. The van der Waals surface area contributed by atoms with Crippen molar-refractivity contribution >= 4 is 40.2 Å². The summed E-state index contributed by atoms with van der Waals surface area (Å²) in [7, 11) is 0. The highest BCUT2D eigenvalue weighted by molar-refractivity contribution is 7.20. The normalized spacial score (nSPS) is 17.9. The maximum atomic E-state index is 12.7. The Morgan fingerprint density at radius 3 is 2.62 bits per heavy atom. The first-order valence-electron chi connectivity index (χ1n) is 5.91. The molecule has 8 heteroatoms. The Bertz CT molecular complexity index is 687. The van der Waals surface area contributed by atoms with Crippen molar-refractivity contribution < 1.29 is 17.9 Å². The third kappa shape index (κ3) is 2.93. The molecule has 1 unspecified atom stereocenters. The fourth-order valence-corrected chi connectivity index (χ4v) is 3.65. The lowest BCUT2D eigenvalue weighted by atomic mass is 10.1. The Labute approximate surface area is 132 Å². The molecule has 0 amide bonds. The highest BCUT2D eigenvalue weighted by atomic mass is 35.5. The number of ether oxygens (including phenoxy) is 1. The number of hydrogen-bond acceptors (Lipinski definition) is 3. The molecule has 2 heterocycles. The SMILES string of the molecule is FC(F)(F)c1ccc2c(c1)NCC(c1cc(Cl)sc1Cl)O2. The van der Waals surface area contributed by atoms with Gasteiger partial charge in [-0.2, -0.15) is 13.2 Å². The van der Waals surface area contributed by atoms with Gasteiger partial charge in [-0.05, 0) is 24.3 Å². The molecule has 3 rings (SSSR count). The van der Waals surface area contributed by atoms with E-state index < -0.39 is 11.7 Å². The van der Waals surface area contributed by atoms with Crippen molar-refractivity contribution in [3.63, 3.8) is 0 Å². The Morgan fingerprint density at radius 1 is 1.24 bits per heavy atom. The van der Waals surface area contributed by atoms with Gasteiger partial charge in [-0.1, -0.05) is 23.2 Å². The lowest BCUT2D eigenvalue weighted by Crippen LogP contribution is -2.23. The van der Waals surface area contributed by atoms with Gasteiger partial charge in [0.2, 0.25) is 0 Å². The summed E-state index contributed by atoms with van der Waals surface area (Å²) in [5, 5.41) is 2.94. The van der Waals surface area contributed by atoms with Gasteiger partial charge in [-0.15, -0.1) is 11.3 Å². The molecule has 0 saturated carbocycles. The highest BCUT2D eigenvalue weighted by Crippen LogP contribution is 2.42. The van der Waals surface area contributed by atoms with Crippen LogP contribution < -0.4 is 10.1 Å². The van der Waals surface area contributed by atoms with Crippen LogP contribution in [-0.2, 0) is 6.18 Å². The van der Waals surface area contributed by atoms with Gasteiger partial charge in [0.15, 0.2) is 0 Å². The van der Waals surface area contributed by atoms with E-state index in [1.54, 1.807) is 6.07 Å². The van der Waals surface area contributed by atoms with Crippen molar-refractivity contribution in [2.75, 3.05) is 11.9 Å². The van der Waals surface area contributed by atoms with Gasteiger partial charge >= 0.3 is 6.18 Å². The monoisotopic (exact) mass is 353 g/mol. The van der Waals surface area contributed by atoms with E-state index in [1.165, 1.54) is 17.4 Å². The maximum Gasteiger partial charge on any atom is 0.416 e. The Balaban J connectivity index is 1.88. The quantitative estimate of drug-likeness (QED) is 0.718. The van der Waals surface area contributed by atoms with E-state index in [-0.39, 0.29) is 6.10 Å². The van der Waals surface area contributed by atoms with Crippen LogP contribution in [-0.4, -0.2) is 6.54 Å². The molecule has 1 aromatic heterocycles. The van der Waals surface area contributed by atoms with Crippen molar-refractivity contribution in [1.82, 2.24) is 0 Å². The summed E-state index contributed by atoms with van der Waals surface area (Å²) in [5.41, 5.74) is 0.329. The number of benzene rings is 1. The molecule has 1 aromatic carbocycles. The van der Waals surface area contributed by atoms with E-state index >= 15 is 0 Å². The van der Waals surface area contributed by atoms with E-state index in [0.717, 1.165) is 17.7 Å². The molecule has 0 saturated heterocycles.